The molecule has 0 bridgehead atoms. The highest BCUT2D eigenvalue weighted by Crippen LogP contribution is 2.52. The molecule has 1 aliphatic heterocycles. The predicted octanol–water partition coefficient (Wildman–Crippen LogP) is 8.16. The lowest BCUT2D eigenvalue weighted by molar-refractivity contribution is -0.137. The Morgan fingerprint density at radius 2 is 1.55 bits per heavy atom. The Balaban J connectivity index is 1.65. The van der Waals surface area contributed by atoms with Crippen LogP contribution in [0, 0.1) is 6.92 Å². The average Bonchev–Trinajstić information content (AvgIpc) is 3.30. The SMILES string of the molecule is C=C(/C=C/C=C1/N(CCCCCC(=O)O)c2ccc3c(S(=O)(=O)O)cc(S(=O)(=O)O)cc3c2C1(C)C)C(C)(CCCS(=O)(=O)O)c1c(C)ccc2ccccc12. The van der Waals surface area contributed by atoms with Gasteiger partial charge in [-0.1, -0.05) is 88.4 Å². The zero-order valence-electron chi connectivity index (χ0n) is 31.7. The maximum absolute atomic E-state index is 12.5. The maximum atomic E-state index is 12.5. The van der Waals surface area contributed by atoms with Crippen LogP contribution in [0.4, 0.5) is 5.69 Å². The van der Waals surface area contributed by atoms with Crippen LogP contribution < -0.4 is 4.90 Å². The Kier molecular flexibility index (Phi) is 12.1. The molecule has 0 radical (unpaired) electrons. The first-order chi connectivity index (χ1) is 26.0. The van der Waals surface area contributed by atoms with Crippen molar-refractivity contribution >= 4 is 63.6 Å². The Bertz CT molecular complexity index is 2630. The van der Waals surface area contributed by atoms with Crippen LogP contribution in [-0.4, -0.2) is 62.3 Å². The second-order valence-corrected chi connectivity index (χ2v) is 19.4. The van der Waals surface area contributed by atoms with Crippen LogP contribution in [0.3, 0.4) is 0 Å². The average molecular weight is 826 g/mol. The fourth-order valence-electron chi connectivity index (χ4n) is 8.07. The van der Waals surface area contributed by atoms with Gasteiger partial charge in [0, 0.05) is 40.6 Å². The second-order valence-electron chi connectivity index (χ2n) is 15.0. The van der Waals surface area contributed by atoms with Gasteiger partial charge < -0.3 is 10.0 Å². The topological polar surface area (TPSA) is 204 Å². The molecule has 4 N–H and O–H groups in total. The molecule has 4 aromatic carbocycles. The largest absolute Gasteiger partial charge is 0.481 e. The van der Waals surface area contributed by atoms with Crippen LogP contribution in [0.15, 0.2) is 107 Å². The van der Waals surface area contributed by atoms with Crippen LogP contribution >= 0.6 is 0 Å². The van der Waals surface area contributed by atoms with Crippen molar-refractivity contribution in [3.63, 3.8) is 0 Å². The summed E-state index contributed by atoms with van der Waals surface area (Å²) in [6.45, 7) is 12.6. The Morgan fingerprint density at radius 1 is 0.857 bits per heavy atom. The standard InChI is InChI=1S/C41H47NO11S3/c1-27-18-19-29-14-8-9-15-31(29)38(27)41(5,22-12-24-54(45,46)47)28(2)13-11-16-36-40(3,4)39-33-25-30(55(48,49)50)26-35(56(51,52)53)32(33)20-21-34(39)42(36)23-10-6-7-17-37(43)44/h8-9,11,13-16,18-21,25-26H,2,6-7,10,12,17,22-24H2,1,3-5H3,(H,43,44)(H,45,46,47)(H,48,49,50)(H,51,52,53)/b13-11+,36-16+. The third-order valence-corrected chi connectivity index (χ3v) is 13.3. The van der Waals surface area contributed by atoms with Crippen molar-refractivity contribution in [3.05, 3.63) is 113 Å². The predicted molar refractivity (Wildman–Crippen MR) is 218 cm³/mol. The number of unbranched alkanes of at least 4 members (excludes halogenated alkanes) is 2. The van der Waals surface area contributed by atoms with E-state index in [0.29, 0.717) is 49.1 Å². The van der Waals surface area contributed by atoms with Crippen LogP contribution in [0.5, 0.6) is 0 Å². The molecule has 0 aliphatic carbocycles. The van der Waals surface area contributed by atoms with E-state index in [2.05, 4.69) is 6.58 Å². The highest BCUT2D eigenvalue weighted by atomic mass is 32.2. The van der Waals surface area contributed by atoms with Gasteiger partial charge in [-0.3, -0.25) is 18.5 Å². The number of carbonyl (C=O) groups is 1. The van der Waals surface area contributed by atoms with Gasteiger partial charge in [-0.25, -0.2) is 0 Å². The van der Waals surface area contributed by atoms with E-state index in [1.54, 1.807) is 6.07 Å². The molecule has 0 saturated heterocycles. The summed E-state index contributed by atoms with van der Waals surface area (Å²) in [4.78, 5) is 11.8. The number of benzene rings is 4. The summed E-state index contributed by atoms with van der Waals surface area (Å²) in [6, 6.07) is 17.0. The van der Waals surface area contributed by atoms with E-state index in [1.165, 1.54) is 12.1 Å². The zero-order valence-corrected chi connectivity index (χ0v) is 34.1. The molecule has 1 atom stereocenters. The van der Waals surface area contributed by atoms with Crippen molar-refractivity contribution in [2.24, 2.45) is 0 Å². The lowest BCUT2D eigenvalue weighted by Gasteiger charge is -2.34. The molecule has 300 valence electrons. The molecule has 0 saturated carbocycles. The summed E-state index contributed by atoms with van der Waals surface area (Å²) < 4.78 is 103. The minimum Gasteiger partial charge on any atom is -0.481 e. The molecule has 56 heavy (non-hydrogen) atoms. The number of hydrogen-bond donors (Lipinski definition) is 4. The number of aliphatic carboxylic acids is 1. The molecular weight excluding hydrogens is 779 g/mol. The monoisotopic (exact) mass is 825 g/mol. The van der Waals surface area contributed by atoms with Gasteiger partial charge in [0.25, 0.3) is 30.4 Å². The van der Waals surface area contributed by atoms with Gasteiger partial charge >= 0.3 is 5.97 Å². The molecule has 0 aromatic heterocycles. The molecular formula is C41H47NO11S3. The van der Waals surface area contributed by atoms with Crippen molar-refractivity contribution in [1.29, 1.82) is 0 Å². The van der Waals surface area contributed by atoms with E-state index in [9.17, 15) is 43.7 Å². The maximum Gasteiger partial charge on any atom is 0.303 e. The van der Waals surface area contributed by atoms with Crippen LogP contribution in [0.25, 0.3) is 21.5 Å². The number of hydrogen-bond acceptors (Lipinski definition) is 8. The van der Waals surface area contributed by atoms with Gasteiger partial charge in [0.1, 0.15) is 4.90 Å². The fraction of sp³-hybridized carbons (Fsp3) is 0.341. The minimum atomic E-state index is -4.93. The van der Waals surface area contributed by atoms with Crippen LogP contribution in [-0.2, 0) is 46.0 Å². The van der Waals surface area contributed by atoms with Gasteiger partial charge in [-0.15, -0.1) is 0 Å². The van der Waals surface area contributed by atoms with Gasteiger partial charge in [-0.2, -0.15) is 25.3 Å². The molecule has 0 spiro atoms. The number of aryl methyl sites for hydroxylation is 1. The highest BCUT2D eigenvalue weighted by Gasteiger charge is 2.42. The van der Waals surface area contributed by atoms with Crippen molar-refractivity contribution in [3.8, 4) is 0 Å². The van der Waals surface area contributed by atoms with Gasteiger partial charge in [-0.05, 0) is 95.3 Å². The van der Waals surface area contributed by atoms with Crippen LogP contribution in [0.1, 0.15) is 76.0 Å². The van der Waals surface area contributed by atoms with Gasteiger partial charge in [0.15, 0.2) is 0 Å². The number of carboxylic acids is 1. The lowest BCUT2D eigenvalue weighted by atomic mass is 9.70. The molecule has 0 amide bonds. The number of anilines is 1. The number of carboxylic acid groups (broad SMARTS) is 1. The van der Waals surface area contributed by atoms with E-state index >= 15 is 0 Å². The number of nitrogens with zero attached hydrogens (tertiary/aromatic N) is 1. The Morgan fingerprint density at radius 3 is 2.20 bits per heavy atom. The Labute approximate surface area is 328 Å². The van der Waals surface area contributed by atoms with E-state index in [0.717, 1.165) is 33.7 Å². The van der Waals surface area contributed by atoms with Crippen molar-refractivity contribution < 1.29 is 48.8 Å². The van der Waals surface area contributed by atoms with E-state index in [-0.39, 0.29) is 23.6 Å². The second kappa shape index (κ2) is 15.9. The molecule has 1 aliphatic rings. The molecule has 4 aromatic rings. The molecule has 1 unspecified atom stereocenters. The molecule has 12 nitrogen and oxygen atoms in total. The first kappa shape index (κ1) is 42.8. The molecule has 0 fully saturated rings. The van der Waals surface area contributed by atoms with E-state index in [4.69, 9.17) is 5.11 Å². The number of fused-ring (bicyclic) bond motifs is 4. The number of rotatable bonds is 16. The molecule has 1 heterocycles. The van der Waals surface area contributed by atoms with E-state index < -0.39 is 62.7 Å². The first-order valence-corrected chi connectivity index (χ1v) is 22.5. The smallest absolute Gasteiger partial charge is 0.303 e. The van der Waals surface area contributed by atoms with Crippen LogP contribution in [0.2, 0.25) is 0 Å². The highest BCUT2D eigenvalue weighted by molar-refractivity contribution is 7.87. The first-order valence-electron chi connectivity index (χ1n) is 18.0. The molecule has 5 rings (SSSR count). The summed E-state index contributed by atoms with van der Waals surface area (Å²) in [5.74, 6) is -1.32. The van der Waals surface area contributed by atoms with Crippen molar-refractivity contribution in [2.45, 2.75) is 86.8 Å². The zero-order chi connectivity index (χ0) is 41.4. The summed E-state index contributed by atoms with van der Waals surface area (Å²) in [5.41, 5.74) is 2.85. The van der Waals surface area contributed by atoms with Crippen molar-refractivity contribution in [1.82, 2.24) is 0 Å². The normalized spacial score (nSPS) is 16.5. The third-order valence-electron chi connectivity index (χ3n) is 10.8. The van der Waals surface area contributed by atoms with Crippen molar-refractivity contribution in [2.75, 3.05) is 17.2 Å². The number of allylic oxidation sites excluding steroid dienone is 5. The Hall–Kier alpha value is -4.38. The lowest BCUT2D eigenvalue weighted by Crippen LogP contribution is -2.27. The van der Waals surface area contributed by atoms with Gasteiger partial charge in [0.05, 0.1) is 10.6 Å². The summed E-state index contributed by atoms with van der Waals surface area (Å²) >= 11 is 0. The summed E-state index contributed by atoms with van der Waals surface area (Å²) in [6.07, 6.45) is 7.69. The quantitative estimate of drug-likeness (QED) is 0.0480. The van der Waals surface area contributed by atoms with Gasteiger partial charge in [0.2, 0.25) is 0 Å². The third kappa shape index (κ3) is 8.93. The molecule has 15 heteroatoms. The summed E-state index contributed by atoms with van der Waals surface area (Å²) in [7, 11) is -14.1. The van der Waals surface area contributed by atoms with E-state index in [1.807, 2.05) is 87.2 Å². The summed E-state index contributed by atoms with van der Waals surface area (Å²) in [5, 5.41) is 11.4. The fourth-order valence-corrected chi connectivity index (χ4v) is 9.92. The minimum absolute atomic E-state index is 0.0102.